The van der Waals surface area contributed by atoms with E-state index in [1.165, 1.54) is 0 Å². The zero-order valence-corrected chi connectivity index (χ0v) is 23.7. The number of likely N-dealkylation sites (tertiary alicyclic amines) is 1. The van der Waals surface area contributed by atoms with E-state index in [4.69, 9.17) is 4.74 Å². The summed E-state index contributed by atoms with van der Waals surface area (Å²) in [6, 6.07) is 17.8. The van der Waals surface area contributed by atoms with Gasteiger partial charge in [-0.05, 0) is 30.9 Å². The maximum absolute atomic E-state index is 13.7. The number of nitrogens with zero attached hydrogens (tertiary/aromatic N) is 3. The predicted octanol–water partition coefficient (Wildman–Crippen LogP) is 4.17. The lowest BCUT2D eigenvalue weighted by Crippen LogP contribution is -2.50. The third-order valence-corrected chi connectivity index (χ3v) is 7.04. The van der Waals surface area contributed by atoms with Crippen molar-refractivity contribution in [3.63, 3.8) is 0 Å². The molecular formula is C31H39N5O4. The van der Waals surface area contributed by atoms with Crippen LogP contribution >= 0.6 is 0 Å². The fourth-order valence-corrected chi connectivity index (χ4v) is 4.68. The number of hydrogen-bond donors (Lipinski definition) is 2. The van der Waals surface area contributed by atoms with Crippen molar-refractivity contribution in [2.75, 3.05) is 18.5 Å². The zero-order valence-electron chi connectivity index (χ0n) is 23.7. The highest BCUT2D eigenvalue weighted by Gasteiger charge is 2.33. The summed E-state index contributed by atoms with van der Waals surface area (Å²) >= 11 is 0. The van der Waals surface area contributed by atoms with Crippen LogP contribution in [0.3, 0.4) is 0 Å². The second kappa shape index (κ2) is 12.9. The van der Waals surface area contributed by atoms with Crippen LogP contribution in [-0.4, -0.2) is 57.4 Å². The molecule has 3 aromatic rings. The van der Waals surface area contributed by atoms with Crippen LogP contribution in [0.5, 0.6) is 0 Å². The first-order chi connectivity index (χ1) is 19.1. The quantitative estimate of drug-likeness (QED) is 0.398. The minimum absolute atomic E-state index is 0.00361. The summed E-state index contributed by atoms with van der Waals surface area (Å²) in [6.45, 7) is 8.43. The number of carbonyl (C=O) groups excluding carboxylic acids is 3. The average Bonchev–Trinajstić information content (AvgIpc) is 3.57. The second-order valence-corrected chi connectivity index (χ2v) is 11.3. The molecule has 0 radical (unpaired) electrons. The van der Waals surface area contributed by atoms with Crippen molar-refractivity contribution in [3.05, 3.63) is 84.3 Å². The van der Waals surface area contributed by atoms with Crippen molar-refractivity contribution in [2.24, 2.45) is 5.41 Å². The van der Waals surface area contributed by atoms with Gasteiger partial charge in [0, 0.05) is 24.2 Å². The fraction of sp³-hybridized carbons (Fsp3) is 0.419. The van der Waals surface area contributed by atoms with E-state index < -0.39 is 23.4 Å². The maximum atomic E-state index is 13.7. The first-order valence-electron chi connectivity index (χ1n) is 13.8. The molecule has 9 nitrogen and oxygen atoms in total. The van der Waals surface area contributed by atoms with Gasteiger partial charge in [0.05, 0.1) is 19.5 Å². The Labute approximate surface area is 235 Å². The monoisotopic (exact) mass is 545 g/mol. The van der Waals surface area contributed by atoms with E-state index in [0.29, 0.717) is 6.61 Å². The van der Waals surface area contributed by atoms with Gasteiger partial charge >= 0.3 is 0 Å². The molecule has 1 aliphatic rings. The Morgan fingerprint density at radius 1 is 1.05 bits per heavy atom. The molecule has 212 valence electrons. The minimum atomic E-state index is -0.933. The van der Waals surface area contributed by atoms with Crippen LogP contribution in [0.25, 0.3) is 0 Å². The van der Waals surface area contributed by atoms with Gasteiger partial charge < -0.3 is 24.8 Å². The van der Waals surface area contributed by atoms with E-state index in [9.17, 15) is 14.4 Å². The first-order valence-corrected chi connectivity index (χ1v) is 13.8. The molecule has 1 unspecified atom stereocenters. The predicted molar refractivity (Wildman–Crippen MR) is 153 cm³/mol. The molecular weight excluding hydrogens is 506 g/mol. The second-order valence-electron chi connectivity index (χ2n) is 11.3. The van der Waals surface area contributed by atoms with Crippen molar-refractivity contribution in [1.82, 2.24) is 19.8 Å². The number of imidazole rings is 1. The Morgan fingerprint density at radius 2 is 1.73 bits per heavy atom. The summed E-state index contributed by atoms with van der Waals surface area (Å²) in [4.78, 5) is 46.0. The summed E-state index contributed by atoms with van der Waals surface area (Å²) < 4.78 is 7.53. The lowest BCUT2D eigenvalue weighted by atomic mass is 9.95. The van der Waals surface area contributed by atoms with Crippen LogP contribution in [0, 0.1) is 5.41 Å². The largest absolute Gasteiger partial charge is 0.374 e. The Morgan fingerprint density at radius 3 is 2.35 bits per heavy atom. The molecule has 0 bridgehead atoms. The minimum Gasteiger partial charge on any atom is -0.374 e. The van der Waals surface area contributed by atoms with Crippen molar-refractivity contribution in [1.29, 1.82) is 0 Å². The molecule has 4 rings (SSSR count). The Hall–Kier alpha value is -3.98. The van der Waals surface area contributed by atoms with Crippen molar-refractivity contribution in [2.45, 2.75) is 65.3 Å². The molecule has 1 aliphatic heterocycles. The van der Waals surface area contributed by atoms with Crippen LogP contribution in [0.15, 0.2) is 73.2 Å². The molecule has 1 saturated heterocycles. The molecule has 3 amide bonds. The van der Waals surface area contributed by atoms with Crippen LogP contribution in [-0.2, 0) is 25.7 Å². The van der Waals surface area contributed by atoms with Gasteiger partial charge in [-0.2, -0.15) is 0 Å². The highest BCUT2D eigenvalue weighted by Crippen LogP contribution is 2.27. The summed E-state index contributed by atoms with van der Waals surface area (Å²) in [5.41, 5.74) is 1.12. The van der Waals surface area contributed by atoms with Gasteiger partial charge in [0.15, 0.2) is 5.82 Å². The molecule has 0 spiro atoms. The lowest BCUT2D eigenvalue weighted by molar-refractivity contribution is -0.134. The number of carbonyl (C=O) groups is 3. The summed E-state index contributed by atoms with van der Waals surface area (Å²) in [5, 5.41) is 5.61. The molecule has 9 heteroatoms. The van der Waals surface area contributed by atoms with E-state index in [-0.39, 0.29) is 30.3 Å². The molecule has 3 atom stereocenters. The maximum Gasteiger partial charge on any atom is 0.250 e. The number of ether oxygens (including phenoxy) is 1. The van der Waals surface area contributed by atoms with Gasteiger partial charge in [-0.15, -0.1) is 0 Å². The highest BCUT2D eigenvalue weighted by atomic mass is 16.5. The molecule has 2 N–H and O–H groups in total. The number of aromatic nitrogens is 2. The van der Waals surface area contributed by atoms with Gasteiger partial charge in [-0.25, -0.2) is 4.98 Å². The third-order valence-electron chi connectivity index (χ3n) is 7.04. The van der Waals surface area contributed by atoms with Crippen LogP contribution in [0.1, 0.15) is 57.7 Å². The number of amides is 3. The molecule has 2 aromatic carbocycles. The molecule has 2 heterocycles. The van der Waals surface area contributed by atoms with E-state index in [1.807, 2.05) is 65.6 Å². The van der Waals surface area contributed by atoms with Crippen molar-refractivity contribution < 1.29 is 19.1 Å². The summed E-state index contributed by atoms with van der Waals surface area (Å²) in [6.07, 6.45) is 5.17. The highest BCUT2D eigenvalue weighted by molar-refractivity contribution is 5.97. The summed E-state index contributed by atoms with van der Waals surface area (Å²) in [5.74, 6) is -0.440. The van der Waals surface area contributed by atoms with E-state index in [2.05, 4.69) is 22.5 Å². The van der Waals surface area contributed by atoms with Gasteiger partial charge in [0.1, 0.15) is 12.1 Å². The first kappa shape index (κ1) is 29.0. The van der Waals surface area contributed by atoms with Crippen molar-refractivity contribution >= 4 is 23.5 Å². The zero-order chi connectivity index (χ0) is 28.7. The molecule has 1 fully saturated rings. The van der Waals surface area contributed by atoms with Crippen molar-refractivity contribution in [3.8, 4) is 0 Å². The smallest absolute Gasteiger partial charge is 0.250 e. The Kier molecular flexibility index (Phi) is 9.37. The SMILES string of the molecule is C[C@@H]1CCCN1C(=O)C(c1ccccc1)n1cnc(NC(=O)[C@H](COCc2ccccc2)NC(=O)C(C)(C)C)c1. The van der Waals surface area contributed by atoms with Gasteiger partial charge in [0.25, 0.3) is 11.8 Å². The fourth-order valence-electron chi connectivity index (χ4n) is 4.68. The van der Waals surface area contributed by atoms with Crippen LogP contribution < -0.4 is 10.6 Å². The van der Waals surface area contributed by atoms with Crippen LogP contribution in [0.2, 0.25) is 0 Å². The normalized spacial score (nSPS) is 16.8. The molecule has 0 aliphatic carbocycles. The lowest BCUT2D eigenvalue weighted by Gasteiger charge is -2.28. The third kappa shape index (κ3) is 7.35. The number of nitrogens with one attached hydrogen (secondary N) is 2. The van der Waals surface area contributed by atoms with E-state index in [1.54, 1.807) is 37.9 Å². The average molecular weight is 546 g/mol. The standard InChI is InChI=1S/C31H39N5O4/c1-22-12-11-17-36(22)29(38)27(24-15-9-6-10-16-24)35-18-26(32-21-35)34-28(37)25(33-30(39)31(2,3)4)20-40-19-23-13-7-5-8-14-23/h5-10,13-16,18,21-22,25,27H,11-12,17,19-20H2,1-4H3,(H,33,39)(H,34,37)/t22-,25+,27?/m1/s1. The summed E-state index contributed by atoms with van der Waals surface area (Å²) in [7, 11) is 0. The number of anilines is 1. The Balaban J connectivity index is 1.50. The molecule has 1 aromatic heterocycles. The Bertz CT molecular complexity index is 1290. The van der Waals surface area contributed by atoms with Gasteiger partial charge in [0.2, 0.25) is 5.91 Å². The molecule has 40 heavy (non-hydrogen) atoms. The van der Waals surface area contributed by atoms with E-state index in [0.717, 1.165) is 30.5 Å². The van der Waals surface area contributed by atoms with Gasteiger partial charge in [-0.3, -0.25) is 14.4 Å². The number of benzene rings is 2. The van der Waals surface area contributed by atoms with Crippen LogP contribution in [0.4, 0.5) is 5.82 Å². The van der Waals surface area contributed by atoms with Gasteiger partial charge in [-0.1, -0.05) is 81.4 Å². The number of rotatable bonds is 10. The topological polar surface area (TPSA) is 106 Å². The van der Waals surface area contributed by atoms with E-state index >= 15 is 0 Å². The number of hydrogen-bond acceptors (Lipinski definition) is 5. The molecule has 0 saturated carbocycles.